The molecule has 0 radical (unpaired) electrons. The second-order valence-electron chi connectivity index (χ2n) is 11.3. The van der Waals surface area contributed by atoms with Crippen molar-refractivity contribution in [3.05, 3.63) is 34.0 Å². The smallest absolute Gasteiger partial charge is 0.0604 e. The third-order valence-electron chi connectivity index (χ3n) is 7.84. The zero-order valence-electron chi connectivity index (χ0n) is 23.2. The molecule has 0 unspecified atom stereocenters. The van der Waals surface area contributed by atoms with E-state index in [2.05, 4.69) is 74.9 Å². The van der Waals surface area contributed by atoms with Gasteiger partial charge in [-0.15, -0.1) is 22.7 Å². The van der Waals surface area contributed by atoms with E-state index in [4.69, 9.17) is 0 Å². The topological polar surface area (TPSA) is 9.86 Å². The number of hydrogen-bond acceptors (Lipinski definition) is 2. The van der Waals surface area contributed by atoms with Crippen molar-refractivity contribution in [1.82, 2.24) is 9.13 Å². The molecule has 1 aromatic carbocycles. The van der Waals surface area contributed by atoms with Crippen LogP contribution in [0.1, 0.15) is 114 Å². The first-order valence-corrected chi connectivity index (χ1v) is 16.1. The molecule has 36 heavy (non-hydrogen) atoms. The lowest BCUT2D eigenvalue weighted by atomic mass is 10.1. The van der Waals surface area contributed by atoms with Gasteiger partial charge in [0.25, 0.3) is 0 Å². The Hall–Kier alpha value is -1.78. The standard InChI is InChI=1S/C32H44N2S2/c1-7-9-11-13-15-33-25-17-24-26(18-23(25)31-27(33)19-29(35-31)21(3)4)34(16-14-12-10-8-2)28-20-30(22(5)6)36-32(24)28/h17-22H,7-16H2,1-6H3. The summed E-state index contributed by atoms with van der Waals surface area (Å²) < 4.78 is 8.31. The van der Waals surface area contributed by atoms with Crippen molar-refractivity contribution in [1.29, 1.82) is 0 Å². The average Bonchev–Trinajstić information content (AvgIpc) is 3.59. The van der Waals surface area contributed by atoms with E-state index in [9.17, 15) is 0 Å². The Bertz CT molecular complexity index is 1360. The molecule has 0 aliphatic rings. The van der Waals surface area contributed by atoms with Crippen molar-refractivity contribution in [2.45, 2.75) is 118 Å². The Kier molecular flexibility index (Phi) is 7.84. The molecule has 2 nitrogen and oxygen atoms in total. The van der Waals surface area contributed by atoms with Crippen molar-refractivity contribution in [2.75, 3.05) is 0 Å². The highest BCUT2D eigenvalue weighted by Crippen LogP contribution is 2.44. The number of hydrogen-bond donors (Lipinski definition) is 0. The highest BCUT2D eigenvalue weighted by atomic mass is 32.1. The predicted octanol–water partition coefficient (Wildman–Crippen LogP) is 11.4. The number of benzene rings is 1. The molecule has 4 heteroatoms. The number of fused-ring (bicyclic) bond motifs is 6. The van der Waals surface area contributed by atoms with E-state index >= 15 is 0 Å². The number of thiophene rings is 2. The van der Waals surface area contributed by atoms with Crippen LogP contribution in [0.5, 0.6) is 0 Å². The van der Waals surface area contributed by atoms with Crippen molar-refractivity contribution in [3.8, 4) is 0 Å². The van der Waals surface area contributed by atoms with Gasteiger partial charge in [0.05, 0.1) is 31.5 Å². The first kappa shape index (κ1) is 25.9. The van der Waals surface area contributed by atoms with Crippen LogP contribution in [-0.4, -0.2) is 9.13 Å². The lowest BCUT2D eigenvalue weighted by molar-refractivity contribution is 0.601. The second kappa shape index (κ2) is 10.9. The van der Waals surface area contributed by atoms with Crippen molar-refractivity contribution >= 4 is 64.9 Å². The maximum absolute atomic E-state index is 2.66. The number of aromatic nitrogens is 2. The quantitative estimate of drug-likeness (QED) is 0.145. The summed E-state index contributed by atoms with van der Waals surface area (Å²) in [6.45, 7) is 16.2. The number of nitrogens with zero attached hydrogens (tertiary/aromatic N) is 2. The molecule has 0 aliphatic carbocycles. The summed E-state index contributed by atoms with van der Waals surface area (Å²) in [6.07, 6.45) is 10.4. The van der Waals surface area contributed by atoms with E-state index in [0.29, 0.717) is 11.8 Å². The van der Waals surface area contributed by atoms with E-state index in [0.717, 1.165) is 13.1 Å². The summed E-state index contributed by atoms with van der Waals surface area (Å²) in [6, 6.07) is 10.1. The van der Waals surface area contributed by atoms with E-state index < -0.39 is 0 Å². The number of unbranched alkanes of at least 4 members (excludes halogenated alkanes) is 6. The molecule has 0 fully saturated rings. The maximum Gasteiger partial charge on any atom is 0.0604 e. The van der Waals surface area contributed by atoms with Gasteiger partial charge >= 0.3 is 0 Å². The fourth-order valence-corrected chi connectivity index (χ4v) is 8.06. The molecule has 0 amide bonds. The van der Waals surface area contributed by atoms with E-state index in [1.165, 1.54) is 103 Å². The second-order valence-corrected chi connectivity index (χ2v) is 13.5. The van der Waals surface area contributed by atoms with Crippen LogP contribution in [0.25, 0.3) is 42.2 Å². The molecule has 0 saturated carbocycles. The fourth-order valence-electron chi connectivity index (χ4n) is 5.68. The van der Waals surface area contributed by atoms with Gasteiger partial charge in [0, 0.05) is 33.6 Å². The minimum absolute atomic E-state index is 0.581. The van der Waals surface area contributed by atoms with E-state index in [-0.39, 0.29) is 0 Å². The molecule has 194 valence electrons. The molecule has 0 atom stereocenters. The molecule has 0 saturated heterocycles. The van der Waals surface area contributed by atoms with Crippen LogP contribution < -0.4 is 0 Å². The minimum Gasteiger partial charge on any atom is -0.340 e. The summed E-state index contributed by atoms with van der Waals surface area (Å²) in [4.78, 5) is 3.03. The lowest BCUT2D eigenvalue weighted by Gasteiger charge is -2.10. The van der Waals surface area contributed by atoms with Gasteiger partial charge in [0.2, 0.25) is 0 Å². The van der Waals surface area contributed by atoms with Gasteiger partial charge in [-0.25, -0.2) is 0 Å². The van der Waals surface area contributed by atoms with Gasteiger partial charge in [0.1, 0.15) is 0 Å². The van der Waals surface area contributed by atoms with Gasteiger partial charge in [-0.05, 0) is 48.9 Å². The predicted molar refractivity (Wildman–Crippen MR) is 165 cm³/mol. The molecule has 0 bridgehead atoms. The Morgan fingerprint density at radius 3 is 1.33 bits per heavy atom. The van der Waals surface area contributed by atoms with Gasteiger partial charge in [0.15, 0.2) is 0 Å². The van der Waals surface area contributed by atoms with Crippen LogP contribution in [0.15, 0.2) is 24.3 Å². The summed E-state index contributed by atoms with van der Waals surface area (Å²) in [5, 5.41) is 2.93. The molecule has 5 aromatic rings. The Balaban J connectivity index is 1.71. The van der Waals surface area contributed by atoms with Gasteiger partial charge in [-0.2, -0.15) is 0 Å². The minimum atomic E-state index is 0.581. The van der Waals surface area contributed by atoms with E-state index in [1.54, 1.807) is 0 Å². The normalized spacial score (nSPS) is 12.7. The Morgan fingerprint density at radius 1 is 0.556 bits per heavy atom. The first-order valence-electron chi connectivity index (χ1n) is 14.5. The van der Waals surface area contributed by atoms with Crippen molar-refractivity contribution < 1.29 is 0 Å². The van der Waals surface area contributed by atoms with Crippen molar-refractivity contribution in [2.24, 2.45) is 0 Å². The Morgan fingerprint density at radius 2 is 0.972 bits per heavy atom. The van der Waals surface area contributed by atoms with Crippen LogP contribution in [0.3, 0.4) is 0 Å². The molecule has 0 spiro atoms. The summed E-state index contributed by atoms with van der Waals surface area (Å²) in [5.41, 5.74) is 5.81. The van der Waals surface area contributed by atoms with Crippen molar-refractivity contribution in [3.63, 3.8) is 0 Å². The fraction of sp³-hybridized carbons (Fsp3) is 0.562. The maximum atomic E-state index is 2.66. The monoisotopic (exact) mass is 520 g/mol. The SMILES string of the molecule is CCCCCCn1c2cc3c4sc(C(C)C)cc4n(CCCCCC)c3cc2c2sc(C(C)C)cc21. The van der Waals surface area contributed by atoms with Crippen LogP contribution in [0.2, 0.25) is 0 Å². The summed E-state index contributed by atoms with van der Waals surface area (Å²) in [7, 11) is 0. The molecular formula is C32H44N2S2. The number of aryl methyl sites for hydroxylation is 2. The average molecular weight is 521 g/mol. The molecule has 0 N–H and O–H groups in total. The zero-order chi connectivity index (χ0) is 25.4. The lowest BCUT2D eigenvalue weighted by Crippen LogP contribution is -1.99. The van der Waals surface area contributed by atoms with Crippen LogP contribution in [-0.2, 0) is 13.1 Å². The molecular weight excluding hydrogens is 477 g/mol. The highest BCUT2D eigenvalue weighted by molar-refractivity contribution is 7.20. The molecule has 0 aliphatic heterocycles. The highest BCUT2D eigenvalue weighted by Gasteiger charge is 2.21. The summed E-state index contributed by atoms with van der Waals surface area (Å²) in [5.74, 6) is 1.16. The first-order chi connectivity index (χ1) is 17.4. The third kappa shape index (κ3) is 4.65. The third-order valence-corrected chi connectivity index (χ3v) is 10.8. The van der Waals surface area contributed by atoms with Gasteiger partial charge in [-0.3, -0.25) is 0 Å². The van der Waals surface area contributed by atoms with Crippen LogP contribution in [0, 0.1) is 0 Å². The molecule has 4 heterocycles. The largest absolute Gasteiger partial charge is 0.340 e. The molecule has 4 aromatic heterocycles. The van der Waals surface area contributed by atoms with Crippen LogP contribution >= 0.6 is 22.7 Å². The molecule has 5 rings (SSSR count). The zero-order valence-corrected chi connectivity index (χ0v) is 24.9. The summed E-state index contributed by atoms with van der Waals surface area (Å²) >= 11 is 4.05. The van der Waals surface area contributed by atoms with Gasteiger partial charge < -0.3 is 9.13 Å². The van der Waals surface area contributed by atoms with Gasteiger partial charge in [-0.1, -0.05) is 80.1 Å². The number of rotatable bonds is 12. The Labute approximate surface area is 225 Å². The van der Waals surface area contributed by atoms with E-state index in [1.807, 2.05) is 22.7 Å². The van der Waals surface area contributed by atoms with Crippen LogP contribution in [0.4, 0.5) is 0 Å².